The minimum atomic E-state index is -0.115. The average Bonchev–Trinajstić information content (AvgIpc) is 3.46. The lowest BCUT2D eigenvalue weighted by molar-refractivity contribution is -0.123. The van der Waals surface area contributed by atoms with Crippen molar-refractivity contribution in [3.8, 4) is 5.75 Å². The van der Waals surface area contributed by atoms with Crippen LogP contribution in [0.25, 0.3) is 0 Å². The molecule has 1 aliphatic heterocycles. The number of nitrogens with one attached hydrogen (secondary N) is 3. The van der Waals surface area contributed by atoms with Crippen LogP contribution in [0.2, 0.25) is 0 Å². The Balaban J connectivity index is 0.00000243. The third-order valence-corrected chi connectivity index (χ3v) is 4.69. The van der Waals surface area contributed by atoms with Gasteiger partial charge in [-0.15, -0.1) is 12.4 Å². The molecule has 0 radical (unpaired) electrons. The zero-order valence-electron chi connectivity index (χ0n) is 15.0. The van der Waals surface area contributed by atoms with E-state index in [0.717, 1.165) is 32.4 Å². The molecule has 7 heteroatoms. The van der Waals surface area contributed by atoms with Crippen LogP contribution in [0.15, 0.2) is 24.3 Å². The molecule has 3 rings (SSSR count). The van der Waals surface area contributed by atoms with E-state index in [-0.39, 0.29) is 36.7 Å². The van der Waals surface area contributed by atoms with Crippen molar-refractivity contribution in [1.82, 2.24) is 10.6 Å². The van der Waals surface area contributed by atoms with Crippen LogP contribution in [0.1, 0.15) is 32.1 Å². The van der Waals surface area contributed by atoms with E-state index in [1.165, 1.54) is 12.8 Å². The highest BCUT2D eigenvalue weighted by Crippen LogP contribution is 2.30. The third kappa shape index (κ3) is 6.84. The molecule has 1 aromatic carbocycles. The van der Waals surface area contributed by atoms with Gasteiger partial charge in [0.15, 0.2) is 6.61 Å². The molecule has 1 atom stereocenters. The molecular weight excluding hydrogens is 354 g/mol. The maximum absolute atomic E-state index is 11.9. The number of amides is 2. The molecule has 1 saturated carbocycles. The summed E-state index contributed by atoms with van der Waals surface area (Å²) in [6.07, 6.45) is 5.40. The van der Waals surface area contributed by atoms with Crippen LogP contribution in [-0.4, -0.2) is 38.1 Å². The van der Waals surface area contributed by atoms with Crippen molar-refractivity contribution in [2.24, 2.45) is 11.8 Å². The van der Waals surface area contributed by atoms with Crippen molar-refractivity contribution >= 4 is 29.9 Å². The summed E-state index contributed by atoms with van der Waals surface area (Å²) in [6, 6.07) is 7.17. The Morgan fingerprint density at radius 3 is 2.81 bits per heavy atom. The molecule has 0 spiro atoms. The fraction of sp³-hybridized carbons (Fsp3) is 0.579. The predicted octanol–water partition coefficient (Wildman–Crippen LogP) is 2.34. The molecule has 1 saturated heterocycles. The second-order valence-electron chi connectivity index (χ2n) is 6.93. The molecule has 6 nitrogen and oxygen atoms in total. The molecule has 1 aliphatic carbocycles. The van der Waals surface area contributed by atoms with Crippen LogP contribution >= 0.6 is 12.4 Å². The molecule has 1 heterocycles. The zero-order chi connectivity index (χ0) is 17.5. The Labute approximate surface area is 160 Å². The van der Waals surface area contributed by atoms with Crippen molar-refractivity contribution in [2.45, 2.75) is 32.1 Å². The number of hydrogen-bond donors (Lipinski definition) is 3. The minimum absolute atomic E-state index is 0. The number of anilines is 1. The molecule has 1 unspecified atom stereocenters. The van der Waals surface area contributed by atoms with Gasteiger partial charge in [0.2, 0.25) is 5.91 Å². The molecule has 0 bridgehead atoms. The van der Waals surface area contributed by atoms with Gasteiger partial charge in [0.25, 0.3) is 5.91 Å². The first-order valence-electron chi connectivity index (χ1n) is 9.22. The Morgan fingerprint density at radius 2 is 2.08 bits per heavy atom. The van der Waals surface area contributed by atoms with Gasteiger partial charge < -0.3 is 20.7 Å². The first kappa shape index (κ1) is 20.5. The lowest BCUT2D eigenvalue weighted by Crippen LogP contribution is -2.34. The minimum Gasteiger partial charge on any atom is -0.484 e. The second kappa shape index (κ2) is 10.4. The number of benzene rings is 1. The van der Waals surface area contributed by atoms with E-state index in [1.807, 2.05) is 12.1 Å². The van der Waals surface area contributed by atoms with Gasteiger partial charge in [0.05, 0.1) is 0 Å². The summed E-state index contributed by atoms with van der Waals surface area (Å²) in [7, 11) is 0. The maximum atomic E-state index is 11.9. The predicted molar refractivity (Wildman–Crippen MR) is 104 cm³/mol. The number of hydrogen-bond acceptors (Lipinski definition) is 4. The van der Waals surface area contributed by atoms with Gasteiger partial charge in [-0.25, -0.2) is 0 Å². The highest BCUT2D eigenvalue weighted by molar-refractivity contribution is 5.94. The molecule has 2 aliphatic rings. The summed E-state index contributed by atoms with van der Waals surface area (Å²) in [4.78, 5) is 23.7. The fourth-order valence-electron chi connectivity index (χ4n) is 3.04. The van der Waals surface area contributed by atoms with Crippen LogP contribution < -0.4 is 20.7 Å². The van der Waals surface area contributed by atoms with Gasteiger partial charge in [0, 0.05) is 24.2 Å². The number of ether oxygens (including phenoxy) is 1. The molecular formula is C19H28ClN3O3. The van der Waals surface area contributed by atoms with E-state index < -0.39 is 0 Å². The third-order valence-electron chi connectivity index (χ3n) is 4.69. The highest BCUT2D eigenvalue weighted by atomic mass is 35.5. The maximum Gasteiger partial charge on any atom is 0.257 e. The van der Waals surface area contributed by atoms with Gasteiger partial charge in [0.1, 0.15) is 5.75 Å². The summed E-state index contributed by atoms with van der Waals surface area (Å²) in [6.45, 7) is 2.83. The highest BCUT2D eigenvalue weighted by Gasteiger charge is 2.29. The first-order chi connectivity index (χ1) is 12.2. The smallest absolute Gasteiger partial charge is 0.257 e. The Kier molecular flexibility index (Phi) is 8.19. The topological polar surface area (TPSA) is 79.5 Å². The van der Waals surface area contributed by atoms with E-state index in [0.29, 0.717) is 23.9 Å². The van der Waals surface area contributed by atoms with Crippen molar-refractivity contribution in [3.63, 3.8) is 0 Å². The molecule has 3 N–H and O–H groups in total. The van der Waals surface area contributed by atoms with Crippen LogP contribution in [0.4, 0.5) is 5.69 Å². The average molecular weight is 382 g/mol. The number of halogens is 1. The molecule has 0 aromatic heterocycles. The van der Waals surface area contributed by atoms with Crippen LogP contribution in [-0.2, 0) is 9.59 Å². The number of carbonyl (C=O) groups is 2. The zero-order valence-corrected chi connectivity index (χ0v) is 15.8. The molecule has 2 amide bonds. The SMILES string of the molecule is Cl.O=C(COc1cccc(NC(=O)C2CC2)c1)NCCC1CCCNC1. The number of carbonyl (C=O) groups excluding carboxylic acids is 2. The van der Waals surface area contributed by atoms with Crippen molar-refractivity contribution in [2.75, 3.05) is 31.6 Å². The van der Waals surface area contributed by atoms with Gasteiger partial charge in [-0.05, 0) is 63.2 Å². The van der Waals surface area contributed by atoms with Crippen LogP contribution in [0.5, 0.6) is 5.75 Å². The molecule has 144 valence electrons. The van der Waals surface area contributed by atoms with E-state index in [2.05, 4.69) is 16.0 Å². The number of piperidine rings is 1. The van der Waals surface area contributed by atoms with E-state index >= 15 is 0 Å². The van der Waals surface area contributed by atoms with E-state index in [9.17, 15) is 9.59 Å². The molecule has 2 fully saturated rings. The Hall–Kier alpha value is -1.79. The van der Waals surface area contributed by atoms with Crippen LogP contribution in [0, 0.1) is 11.8 Å². The summed E-state index contributed by atoms with van der Waals surface area (Å²) >= 11 is 0. The fourth-order valence-corrected chi connectivity index (χ4v) is 3.04. The largest absolute Gasteiger partial charge is 0.484 e. The van der Waals surface area contributed by atoms with Gasteiger partial charge in [-0.1, -0.05) is 6.07 Å². The summed E-state index contributed by atoms with van der Waals surface area (Å²) in [5.41, 5.74) is 0.708. The molecule has 1 aromatic rings. The Morgan fingerprint density at radius 1 is 1.23 bits per heavy atom. The van der Waals surface area contributed by atoms with Crippen molar-refractivity contribution in [3.05, 3.63) is 24.3 Å². The van der Waals surface area contributed by atoms with Gasteiger partial charge in [-0.3, -0.25) is 9.59 Å². The standard InChI is InChI=1S/C19H27N3O3.ClH/c23-18(21-10-8-14-3-2-9-20-12-14)13-25-17-5-1-4-16(11-17)22-19(24)15-6-7-15;/h1,4-5,11,14-15,20H,2-3,6-10,12-13H2,(H,21,23)(H,22,24);1H. The summed E-state index contributed by atoms with van der Waals surface area (Å²) in [5, 5.41) is 9.17. The van der Waals surface area contributed by atoms with E-state index in [4.69, 9.17) is 4.74 Å². The Bertz CT molecular complexity index is 601. The van der Waals surface area contributed by atoms with E-state index in [1.54, 1.807) is 12.1 Å². The summed E-state index contributed by atoms with van der Waals surface area (Å²) in [5.74, 6) is 1.35. The quantitative estimate of drug-likeness (QED) is 0.645. The lowest BCUT2D eigenvalue weighted by Gasteiger charge is -2.22. The monoisotopic (exact) mass is 381 g/mol. The number of rotatable bonds is 8. The summed E-state index contributed by atoms with van der Waals surface area (Å²) < 4.78 is 5.53. The first-order valence-corrected chi connectivity index (χ1v) is 9.22. The second-order valence-corrected chi connectivity index (χ2v) is 6.93. The normalized spacial score (nSPS) is 19.2. The van der Waals surface area contributed by atoms with Gasteiger partial charge in [-0.2, -0.15) is 0 Å². The molecule has 26 heavy (non-hydrogen) atoms. The van der Waals surface area contributed by atoms with Crippen molar-refractivity contribution in [1.29, 1.82) is 0 Å². The van der Waals surface area contributed by atoms with Gasteiger partial charge >= 0.3 is 0 Å². The van der Waals surface area contributed by atoms with Crippen LogP contribution in [0.3, 0.4) is 0 Å². The van der Waals surface area contributed by atoms with Crippen molar-refractivity contribution < 1.29 is 14.3 Å². The lowest BCUT2D eigenvalue weighted by atomic mass is 9.96.